The Kier molecular flexibility index (Phi) is 6.13. The van der Waals surface area contributed by atoms with Gasteiger partial charge in [0.1, 0.15) is 0 Å². The topological polar surface area (TPSA) is 58.2 Å². The fraction of sp³-hybridized carbons (Fsp3) is 0.286. The molecule has 0 unspecified atom stereocenters. The van der Waals surface area contributed by atoms with Gasteiger partial charge in [0, 0.05) is 22.5 Å². The van der Waals surface area contributed by atoms with E-state index < -0.39 is 0 Å². The first-order valence-electron chi connectivity index (χ1n) is 11.2. The van der Waals surface area contributed by atoms with Crippen LogP contribution >= 0.6 is 0 Å². The zero-order valence-corrected chi connectivity index (χ0v) is 19.0. The molecule has 0 bridgehead atoms. The van der Waals surface area contributed by atoms with Crippen molar-refractivity contribution < 1.29 is 9.59 Å². The van der Waals surface area contributed by atoms with E-state index in [4.69, 9.17) is 0 Å². The van der Waals surface area contributed by atoms with Crippen LogP contribution in [-0.2, 0) is 18.3 Å². The highest BCUT2D eigenvalue weighted by Crippen LogP contribution is 2.24. The first kappa shape index (κ1) is 21.8. The molecular formula is C28H30N2O2. The third kappa shape index (κ3) is 5.08. The number of carbonyl (C=O) groups excluding carboxylic acids is 2. The maximum atomic E-state index is 12.8. The lowest BCUT2D eigenvalue weighted by atomic mass is 9.87. The van der Waals surface area contributed by atoms with Gasteiger partial charge in [-0.3, -0.25) is 9.59 Å². The van der Waals surface area contributed by atoms with E-state index in [1.54, 1.807) is 6.07 Å². The van der Waals surface area contributed by atoms with Crippen LogP contribution in [0.2, 0.25) is 0 Å². The highest BCUT2D eigenvalue weighted by Gasteiger charge is 2.15. The molecule has 1 aliphatic rings. The Balaban J connectivity index is 1.43. The van der Waals surface area contributed by atoms with E-state index in [-0.39, 0.29) is 17.2 Å². The van der Waals surface area contributed by atoms with Crippen molar-refractivity contribution in [2.45, 2.75) is 51.9 Å². The molecule has 0 radical (unpaired) electrons. The second-order valence-corrected chi connectivity index (χ2v) is 9.51. The molecule has 3 aromatic rings. The molecule has 0 atom stereocenters. The first-order chi connectivity index (χ1) is 15.3. The molecule has 4 rings (SSSR count). The first-order valence-corrected chi connectivity index (χ1v) is 11.2. The molecule has 32 heavy (non-hydrogen) atoms. The second-order valence-electron chi connectivity index (χ2n) is 9.51. The van der Waals surface area contributed by atoms with Crippen molar-refractivity contribution in [1.29, 1.82) is 0 Å². The fourth-order valence-electron chi connectivity index (χ4n) is 4.08. The summed E-state index contributed by atoms with van der Waals surface area (Å²) >= 11 is 0. The minimum Gasteiger partial charge on any atom is -0.322 e. The molecule has 164 valence electrons. The van der Waals surface area contributed by atoms with Crippen LogP contribution in [0.3, 0.4) is 0 Å². The van der Waals surface area contributed by atoms with Crippen LogP contribution < -0.4 is 10.6 Å². The number of rotatable bonds is 4. The van der Waals surface area contributed by atoms with Crippen molar-refractivity contribution in [2.24, 2.45) is 0 Å². The maximum Gasteiger partial charge on any atom is 0.255 e. The molecular weight excluding hydrogens is 396 g/mol. The zero-order valence-electron chi connectivity index (χ0n) is 19.0. The lowest BCUT2D eigenvalue weighted by Crippen LogP contribution is -2.15. The van der Waals surface area contributed by atoms with Gasteiger partial charge < -0.3 is 10.6 Å². The summed E-state index contributed by atoms with van der Waals surface area (Å²) in [6.07, 6.45) is 4.53. The average molecular weight is 427 g/mol. The summed E-state index contributed by atoms with van der Waals surface area (Å²) in [5.74, 6) is -0.316. The number of aryl methyl sites for hydroxylation is 2. The van der Waals surface area contributed by atoms with Gasteiger partial charge in [0.15, 0.2) is 0 Å². The molecule has 1 aliphatic carbocycles. The standard InChI is InChI=1S/C28H30N2O2/c1-28(2,3)23-15-13-20(14-16-23)26(31)29-24-9-6-10-25(18-24)30-27(32)22-12-11-19-7-4-5-8-21(19)17-22/h6,9-18H,4-5,7-8H2,1-3H3,(H,29,31)(H,30,32). The van der Waals surface area contributed by atoms with Crippen LogP contribution in [0.1, 0.15) is 71.0 Å². The van der Waals surface area contributed by atoms with Crippen LogP contribution in [0.15, 0.2) is 66.7 Å². The van der Waals surface area contributed by atoms with E-state index in [0.717, 1.165) is 12.8 Å². The number of carbonyl (C=O) groups is 2. The molecule has 0 saturated carbocycles. The summed E-state index contributed by atoms with van der Waals surface area (Å²) in [7, 11) is 0. The number of nitrogens with one attached hydrogen (secondary N) is 2. The van der Waals surface area contributed by atoms with Gasteiger partial charge >= 0.3 is 0 Å². The number of amides is 2. The van der Waals surface area contributed by atoms with Crippen molar-refractivity contribution >= 4 is 23.2 Å². The predicted molar refractivity (Wildman–Crippen MR) is 131 cm³/mol. The quantitative estimate of drug-likeness (QED) is 0.509. The zero-order chi connectivity index (χ0) is 22.7. The van der Waals surface area contributed by atoms with Gasteiger partial charge in [0.2, 0.25) is 0 Å². The SMILES string of the molecule is CC(C)(C)c1ccc(C(=O)Nc2cccc(NC(=O)c3ccc4c(c3)CCCC4)c2)cc1. The van der Waals surface area contributed by atoms with Gasteiger partial charge in [-0.2, -0.15) is 0 Å². The van der Waals surface area contributed by atoms with Gasteiger partial charge in [-0.1, -0.05) is 45.0 Å². The normalized spacial score (nSPS) is 13.2. The highest BCUT2D eigenvalue weighted by molar-refractivity contribution is 6.06. The predicted octanol–water partition coefficient (Wildman–Crippen LogP) is 6.37. The Hall–Kier alpha value is -3.40. The monoisotopic (exact) mass is 426 g/mol. The molecule has 4 nitrogen and oxygen atoms in total. The molecule has 2 amide bonds. The number of benzene rings is 3. The molecule has 0 heterocycles. The van der Waals surface area contributed by atoms with Crippen molar-refractivity contribution in [3.05, 3.63) is 94.5 Å². The minimum atomic E-state index is -0.177. The Morgan fingerprint density at radius 3 is 1.88 bits per heavy atom. The van der Waals surface area contributed by atoms with E-state index in [1.807, 2.05) is 54.6 Å². The van der Waals surface area contributed by atoms with Crippen LogP contribution in [0.4, 0.5) is 11.4 Å². The van der Waals surface area contributed by atoms with Crippen molar-refractivity contribution in [3.63, 3.8) is 0 Å². The van der Waals surface area contributed by atoms with Crippen LogP contribution in [0.5, 0.6) is 0 Å². The van der Waals surface area contributed by atoms with E-state index in [0.29, 0.717) is 22.5 Å². The molecule has 2 N–H and O–H groups in total. The van der Waals surface area contributed by atoms with Crippen LogP contribution in [-0.4, -0.2) is 11.8 Å². The van der Waals surface area contributed by atoms with Crippen molar-refractivity contribution in [1.82, 2.24) is 0 Å². The number of fused-ring (bicyclic) bond motifs is 1. The highest BCUT2D eigenvalue weighted by atomic mass is 16.2. The van der Waals surface area contributed by atoms with E-state index in [1.165, 1.54) is 29.5 Å². The summed E-state index contributed by atoms with van der Waals surface area (Å²) < 4.78 is 0. The average Bonchev–Trinajstić information content (AvgIpc) is 2.78. The van der Waals surface area contributed by atoms with Crippen LogP contribution in [0, 0.1) is 0 Å². The van der Waals surface area contributed by atoms with E-state index >= 15 is 0 Å². The molecule has 0 saturated heterocycles. The minimum absolute atomic E-state index is 0.0413. The van der Waals surface area contributed by atoms with Crippen molar-refractivity contribution in [3.8, 4) is 0 Å². The lowest BCUT2D eigenvalue weighted by Gasteiger charge is -2.19. The van der Waals surface area contributed by atoms with E-state index in [9.17, 15) is 9.59 Å². The Bertz CT molecular complexity index is 1140. The van der Waals surface area contributed by atoms with E-state index in [2.05, 4.69) is 37.5 Å². The largest absolute Gasteiger partial charge is 0.322 e. The smallest absolute Gasteiger partial charge is 0.255 e. The lowest BCUT2D eigenvalue weighted by molar-refractivity contribution is 0.101. The molecule has 0 fully saturated rings. The Morgan fingerprint density at radius 1 is 0.688 bits per heavy atom. The summed E-state index contributed by atoms with van der Waals surface area (Å²) in [5.41, 5.74) is 6.41. The molecule has 3 aromatic carbocycles. The summed E-state index contributed by atoms with van der Waals surface area (Å²) in [5, 5.41) is 5.87. The maximum absolute atomic E-state index is 12.8. The molecule has 0 spiro atoms. The van der Waals surface area contributed by atoms with Crippen LogP contribution in [0.25, 0.3) is 0 Å². The fourth-order valence-corrected chi connectivity index (χ4v) is 4.08. The number of hydrogen-bond donors (Lipinski definition) is 2. The molecule has 4 heteroatoms. The Morgan fingerprint density at radius 2 is 1.25 bits per heavy atom. The second kappa shape index (κ2) is 8.99. The summed E-state index contributed by atoms with van der Waals surface area (Å²) in [4.78, 5) is 25.4. The Labute approximate surface area is 190 Å². The molecule has 0 aromatic heterocycles. The van der Waals surface area contributed by atoms with Gasteiger partial charge in [-0.05, 0) is 90.3 Å². The van der Waals surface area contributed by atoms with Gasteiger partial charge in [0.25, 0.3) is 11.8 Å². The third-order valence-corrected chi connectivity index (χ3v) is 6.00. The summed E-state index contributed by atoms with van der Waals surface area (Å²) in [6.45, 7) is 6.43. The molecule has 0 aliphatic heterocycles. The number of anilines is 2. The van der Waals surface area contributed by atoms with Crippen molar-refractivity contribution in [2.75, 3.05) is 10.6 Å². The third-order valence-electron chi connectivity index (χ3n) is 6.00. The summed E-state index contributed by atoms with van der Waals surface area (Å²) in [6, 6.07) is 20.9. The number of hydrogen-bond acceptors (Lipinski definition) is 2. The van der Waals surface area contributed by atoms with Gasteiger partial charge in [-0.25, -0.2) is 0 Å². The van der Waals surface area contributed by atoms with Gasteiger partial charge in [-0.15, -0.1) is 0 Å². The van der Waals surface area contributed by atoms with Gasteiger partial charge in [0.05, 0.1) is 0 Å².